The van der Waals surface area contributed by atoms with Crippen LogP contribution in [-0.2, 0) is 9.53 Å². The van der Waals surface area contributed by atoms with Gasteiger partial charge in [0.1, 0.15) is 0 Å². The highest BCUT2D eigenvalue weighted by Crippen LogP contribution is 2.20. The number of hydrogen-bond acceptors (Lipinski definition) is 5. The van der Waals surface area contributed by atoms with Gasteiger partial charge in [0.2, 0.25) is 0 Å². The first-order valence-electron chi connectivity index (χ1n) is 10.6. The summed E-state index contributed by atoms with van der Waals surface area (Å²) in [6.45, 7) is 3.88. The van der Waals surface area contributed by atoms with E-state index in [0.717, 1.165) is 24.8 Å². The number of aryl methyl sites for hydroxylation is 1. The zero-order valence-electron chi connectivity index (χ0n) is 17.9. The van der Waals surface area contributed by atoms with Crippen molar-refractivity contribution in [3.05, 3.63) is 65.1 Å². The Hall–Kier alpha value is -3.35. The average molecular weight is 424 g/mol. The number of nitrogens with one attached hydrogen (secondary N) is 2. The maximum absolute atomic E-state index is 12.5. The lowest BCUT2D eigenvalue weighted by Crippen LogP contribution is -2.36. The van der Waals surface area contributed by atoms with Gasteiger partial charge in [-0.25, -0.2) is 4.79 Å². The summed E-state index contributed by atoms with van der Waals surface area (Å²) in [5.74, 6) is -1.21. The van der Waals surface area contributed by atoms with Crippen molar-refractivity contribution in [3.63, 3.8) is 0 Å². The standard InChI is InChI=1S/C24H28N2O5/c1-16-10-11-19(15-20(16)26-23(28)21-9-6-14-30-21)24(29)31-17(2)22(27)25-13-12-18-7-4-3-5-8-18/h6-7,9-11,14-15,17H,3-5,8,12-13H2,1-2H3,(H,25,27)(H,26,28)/t17-/m0/s1. The Bertz CT molecular complexity index is 962. The van der Waals surface area contributed by atoms with E-state index in [9.17, 15) is 14.4 Å². The minimum absolute atomic E-state index is 0.168. The number of anilines is 1. The molecule has 1 aromatic carbocycles. The van der Waals surface area contributed by atoms with E-state index in [2.05, 4.69) is 16.7 Å². The third-order valence-corrected chi connectivity index (χ3v) is 5.25. The zero-order chi connectivity index (χ0) is 22.2. The zero-order valence-corrected chi connectivity index (χ0v) is 17.9. The number of rotatable bonds is 8. The summed E-state index contributed by atoms with van der Waals surface area (Å²) in [4.78, 5) is 37.0. The van der Waals surface area contributed by atoms with Crippen molar-refractivity contribution < 1.29 is 23.5 Å². The largest absolute Gasteiger partial charge is 0.459 e. The fourth-order valence-corrected chi connectivity index (χ4v) is 3.38. The molecule has 1 heterocycles. The van der Waals surface area contributed by atoms with Crippen LogP contribution in [0.3, 0.4) is 0 Å². The summed E-state index contributed by atoms with van der Waals surface area (Å²) in [7, 11) is 0. The van der Waals surface area contributed by atoms with Crippen molar-refractivity contribution in [2.45, 2.75) is 52.1 Å². The van der Waals surface area contributed by atoms with Gasteiger partial charge in [0, 0.05) is 12.2 Å². The lowest BCUT2D eigenvalue weighted by molar-refractivity contribution is -0.129. The normalized spacial score (nSPS) is 14.3. The molecule has 1 aliphatic carbocycles. The molecular formula is C24H28N2O5. The molecule has 2 amide bonds. The van der Waals surface area contributed by atoms with Gasteiger partial charge in [-0.1, -0.05) is 17.7 Å². The number of furan rings is 1. The van der Waals surface area contributed by atoms with Crippen LogP contribution >= 0.6 is 0 Å². The highest BCUT2D eigenvalue weighted by molar-refractivity contribution is 6.03. The molecule has 0 radical (unpaired) electrons. The van der Waals surface area contributed by atoms with Crippen molar-refractivity contribution >= 4 is 23.5 Å². The molecule has 0 unspecified atom stereocenters. The Labute approximate surface area is 181 Å². The van der Waals surface area contributed by atoms with Crippen LogP contribution < -0.4 is 10.6 Å². The van der Waals surface area contributed by atoms with Gasteiger partial charge >= 0.3 is 5.97 Å². The second kappa shape index (κ2) is 10.6. The van der Waals surface area contributed by atoms with Crippen LogP contribution in [0.15, 0.2) is 52.7 Å². The fourth-order valence-electron chi connectivity index (χ4n) is 3.38. The highest BCUT2D eigenvalue weighted by atomic mass is 16.5. The van der Waals surface area contributed by atoms with Gasteiger partial charge in [0.25, 0.3) is 11.8 Å². The molecule has 0 aliphatic heterocycles. The molecule has 2 N–H and O–H groups in total. The van der Waals surface area contributed by atoms with Crippen LogP contribution in [0.5, 0.6) is 0 Å². The van der Waals surface area contributed by atoms with Gasteiger partial charge in [-0.3, -0.25) is 9.59 Å². The predicted octanol–water partition coefficient (Wildman–Crippen LogP) is 4.39. The van der Waals surface area contributed by atoms with Crippen molar-refractivity contribution in [3.8, 4) is 0 Å². The molecule has 31 heavy (non-hydrogen) atoms. The molecule has 164 valence electrons. The van der Waals surface area contributed by atoms with Crippen molar-refractivity contribution in [1.82, 2.24) is 5.32 Å². The van der Waals surface area contributed by atoms with E-state index in [1.165, 1.54) is 30.7 Å². The second-order valence-corrected chi connectivity index (χ2v) is 7.66. The molecule has 2 aromatic rings. The third kappa shape index (κ3) is 6.31. The molecule has 0 bridgehead atoms. The van der Waals surface area contributed by atoms with Gasteiger partial charge < -0.3 is 19.8 Å². The number of benzene rings is 1. The smallest absolute Gasteiger partial charge is 0.338 e. The first-order valence-corrected chi connectivity index (χ1v) is 10.6. The van der Waals surface area contributed by atoms with Crippen LogP contribution in [0.4, 0.5) is 5.69 Å². The molecule has 1 aliphatic rings. The van der Waals surface area contributed by atoms with Crippen LogP contribution in [0.2, 0.25) is 0 Å². The lowest BCUT2D eigenvalue weighted by Gasteiger charge is -2.16. The summed E-state index contributed by atoms with van der Waals surface area (Å²) >= 11 is 0. The molecule has 0 spiro atoms. The number of carbonyl (C=O) groups excluding carboxylic acids is 3. The molecule has 0 fully saturated rings. The van der Waals surface area contributed by atoms with E-state index in [1.807, 2.05) is 6.92 Å². The van der Waals surface area contributed by atoms with Crippen LogP contribution in [0.1, 0.15) is 65.5 Å². The molecule has 3 rings (SSSR count). The third-order valence-electron chi connectivity index (χ3n) is 5.25. The number of esters is 1. The fraction of sp³-hybridized carbons (Fsp3) is 0.375. The number of carbonyl (C=O) groups is 3. The molecule has 1 atom stereocenters. The Morgan fingerprint density at radius 1 is 1.19 bits per heavy atom. The Balaban J connectivity index is 1.53. The van der Waals surface area contributed by atoms with Gasteiger partial charge in [-0.15, -0.1) is 0 Å². The summed E-state index contributed by atoms with van der Waals surface area (Å²) in [5, 5.41) is 5.54. The van der Waals surface area contributed by atoms with E-state index in [1.54, 1.807) is 31.2 Å². The van der Waals surface area contributed by atoms with Crippen molar-refractivity contribution in [2.75, 3.05) is 11.9 Å². The first kappa shape index (κ1) is 22.3. The molecule has 1 aromatic heterocycles. The second-order valence-electron chi connectivity index (χ2n) is 7.66. The van der Waals surface area contributed by atoms with Crippen molar-refractivity contribution in [1.29, 1.82) is 0 Å². The predicted molar refractivity (Wildman–Crippen MR) is 117 cm³/mol. The van der Waals surface area contributed by atoms with Gasteiger partial charge in [0.15, 0.2) is 11.9 Å². The summed E-state index contributed by atoms with van der Waals surface area (Å²) in [6, 6.07) is 8.00. The monoisotopic (exact) mass is 424 g/mol. The summed E-state index contributed by atoms with van der Waals surface area (Å²) in [5.41, 5.74) is 2.86. The highest BCUT2D eigenvalue weighted by Gasteiger charge is 2.20. The lowest BCUT2D eigenvalue weighted by atomic mass is 9.97. The minimum Gasteiger partial charge on any atom is -0.459 e. The van der Waals surface area contributed by atoms with Crippen LogP contribution in [-0.4, -0.2) is 30.4 Å². The van der Waals surface area contributed by atoms with Gasteiger partial charge in [-0.05, 0) is 75.8 Å². The average Bonchev–Trinajstić information content (AvgIpc) is 3.31. The molecule has 0 saturated heterocycles. The Morgan fingerprint density at radius 3 is 2.74 bits per heavy atom. The van der Waals surface area contributed by atoms with E-state index < -0.39 is 18.0 Å². The Morgan fingerprint density at radius 2 is 2.03 bits per heavy atom. The van der Waals surface area contributed by atoms with Crippen molar-refractivity contribution in [2.24, 2.45) is 0 Å². The summed E-state index contributed by atoms with van der Waals surface area (Å²) < 4.78 is 10.4. The molecular weight excluding hydrogens is 396 g/mol. The number of amides is 2. The molecule has 7 nitrogen and oxygen atoms in total. The van der Waals surface area contributed by atoms with E-state index in [4.69, 9.17) is 9.15 Å². The number of ether oxygens (including phenoxy) is 1. The number of hydrogen-bond donors (Lipinski definition) is 2. The molecule has 0 saturated carbocycles. The Kier molecular flexibility index (Phi) is 7.65. The number of allylic oxidation sites excluding steroid dienone is 1. The first-order chi connectivity index (χ1) is 14.9. The van der Waals surface area contributed by atoms with Crippen LogP contribution in [0.25, 0.3) is 0 Å². The van der Waals surface area contributed by atoms with Crippen LogP contribution in [0, 0.1) is 6.92 Å². The van der Waals surface area contributed by atoms with E-state index in [-0.39, 0.29) is 17.2 Å². The van der Waals surface area contributed by atoms with E-state index >= 15 is 0 Å². The minimum atomic E-state index is -0.921. The maximum Gasteiger partial charge on any atom is 0.338 e. The van der Waals surface area contributed by atoms with Gasteiger partial charge in [0.05, 0.1) is 11.8 Å². The topological polar surface area (TPSA) is 97.6 Å². The molecule has 7 heteroatoms. The SMILES string of the molecule is Cc1ccc(C(=O)O[C@@H](C)C(=O)NCCC2=CCCCC2)cc1NC(=O)c1ccco1. The van der Waals surface area contributed by atoms with E-state index in [0.29, 0.717) is 12.2 Å². The van der Waals surface area contributed by atoms with Gasteiger partial charge in [-0.2, -0.15) is 0 Å². The quantitative estimate of drug-likeness (QED) is 0.484. The summed E-state index contributed by atoms with van der Waals surface area (Å²) in [6.07, 6.45) is 8.19. The maximum atomic E-state index is 12.5.